The van der Waals surface area contributed by atoms with Gasteiger partial charge in [-0.1, -0.05) is 49.4 Å². The number of halogens is 1. The van der Waals surface area contributed by atoms with Gasteiger partial charge in [0.05, 0.1) is 6.04 Å². The molecule has 2 fully saturated rings. The van der Waals surface area contributed by atoms with Crippen LogP contribution in [0.3, 0.4) is 0 Å². The molecule has 212 valence electrons. The number of carbonyl (C=O) groups excluding carboxylic acids is 3. The van der Waals surface area contributed by atoms with Crippen molar-refractivity contribution in [3.8, 4) is 0 Å². The molecule has 1 saturated carbocycles. The smallest absolute Gasteiger partial charge is 0.746 e. The van der Waals surface area contributed by atoms with Crippen molar-refractivity contribution >= 4 is 39.6 Å². The van der Waals surface area contributed by atoms with Crippen LogP contribution in [0.5, 0.6) is 0 Å². The Balaban J connectivity index is 0.00000533. The summed E-state index contributed by atoms with van der Waals surface area (Å²) in [6, 6.07) is 5.43. The van der Waals surface area contributed by atoms with Crippen molar-refractivity contribution in [3.05, 3.63) is 34.9 Å². The average molecular weight is 596 g/mol. The van der Waals surface area contributed by atoms with Crippen LogP contribution in [0.1, 0.15) is 82.3 Å². The molecule has 1 aliphatic carbocycles. The van der Waals surface area contributed by atoms with E-state index in [1.807, 2.05) is 0 Å². The molecular formula is C25H35ClN3NaO8S. The van der Waals surface area contributed by atoms with Crippen LogP contribution in [0.15, 0.2) is 24.3 Å². The Morgan fingerprint density at radius 2 is 1.74 bits per heavy atom. The molecule has 3 amide bonds. The fraction of sp³-hybridized carbons (Fsp3) is 0.640. The first-order chi connectivity index (χ1) is 18.0. The number of carbonyl (C=O) groups is 3. The minimum Gasteiger partial charge on any atom is -0.746 e. The second-order valence-corrected chi connectivity index (χ2v) is 11.8. The van der Waals surface area contributed by atoms with E-state index in [0.717, 1.165) is 12.8 Å². The first-order valence-electron chi connectivity index (χ1n) is 12.9. The van der Waals surface area contributed by atoms with Gasteiger partial charge in [0, 0.05) is 18.0 Å². The van der Waals surface area contributed by atoms with Gasteiger partial charge in [0.25, 0.3) is 0 Å². The van der Waals surface area contributed by atoms with Crippen molar-refractivity contribution < 1.29 is 66.8 Å². The fourth-order valence-electron chi connectivity index (χ4n) is 4.95. The Morgan fingerprint density at radius 1 is 1.05 bits per heavy atom. The van der Waals surface area contributed by atoms with Crippen LogP contribution in [0.25, 0.3) is 0 Å². The molecule has 3 rings (SSSR count). The Bertz CT molecular complexity index is 1100. The van der Waals surface area contributed by atoms with Gasteiger partial charge in [-0.25, -0.2) is 13.2 Å². The minimum atomic E-state index is -5.20. The second kappa shape index (κ2) is 15.6. The summed E-state index contributed by atoms with van der Waals surface area (Å²) in [6.07, 6.45) is 3.20. The number of benzene rings is 1. The van der Waals surface area contributed by atoms with Crippen LogP contribution >= 0.6 is 11.6 Å². The standard InChI is InChI=1S/C25H36ClN3O8S.Na/c26-18-9-7-8-17(16-18)20-10-3-1-6-15-27-21(30)12-11-19(22(31)38(34,35)36)28-23(32)25(29-24(33)37-20)13-4-2-5-14-25;/h7-9,16,19-20,22,31H,1-6,10-15H2,(H,27,30)(H,28,32)(H,29,33)(H,34,35,36);/q;+1/p-1/t19-,20?,22?;/m0./s1. The molecule has 2 unspecified atom stereocenters. The van der Waals surface area contributed by atoms with Gasteiger partial charge < -0.3 is 30.3 Å². The first kappa shape index (κ1) is 33.8. The number of hydrogen-bond acceptors (Lipinski definition) is 8. The largest absolute Gasteiger partial charge is 1.00 e. The van der Waals surface area contributed by atoms with Crippen LogP contribution < -0.4 is 45.5 Å². The summed E-state index contributed by atoms with van der Waals surface area (Å²) in [6.45, 7) is 0.366. The van der Waals surface area contributed by atoms with Gasteiger partial charge in [0.2, 0.25) is 11.8 Å². The molecule has 2 aliphatic rings. The average Bonchev–Trinajstić information content (AvgIpc) is 2.86. The maximum Gasteiger partial charge on any atom is 1.00 e. The summed E-state index contributed by atoms with van der Waals surface area (Å²) in [4.78, 5) is 39.0. The van der Waals surface area contributed by atoms with Crippen molar-refractivity contribution in [1.29, 1.82) is 0 Å². The summed E-state index contributed by atoms with van der Waals surface area (Å²) in [5, 5.41) is 18.5. The number of cyclic esters (lactones) is 1. The molecule has 11 nitrogen and oxygen atoms in total. The first-order valence-corrected chi connectivity index (χ1v) is 14.8. The van der Waals surface area contributed by atoms with Crippen molar-refractivity contribution in [2.75, 3.05) is 6.54 Å². The van der Waals surface area contributed by atoms with Crippen molar-refractivity contribution in [2.45, 2.75) is 93.7 Å². The van der Waals surface area contributed by atoms with E-state index in [2.05, 4.69) is 16.0 Å². The van der Waals surface area contributed by atoms with Crippen molar-refractivity contribution in [3.63, 3.8) is 0 Å². The Kier molecular flexibility index (Phi) is 13.5. The number of alkyl carbamates (subject to hydrolysis) is 1. The van der Waals surface area contributed by atoms with Gasteiger partial charge in [-0.15, -0.1) is 0 Å². The van der Waals surface area contributed by atoms with E-state index in [4.69, 9.17) is 16.3 Å². The minimum absolute atomic E-state index is 0. The third kappa shape index (κ3) is 10.2. The van der Waals surface area contributed by atoms with E-state index in [0.29, 0.717) is 49.2 Å². The van der Waals surface area contributed by atoms with Gasteiger partial charge >= 0.3 is 35.7 Å². The van der Waals surface area contributed by atoms with E-state index >= 15 is 0 Å². The van der Waals surface area contributed by atoms with E-state index in [-0.39, 0.29) is 55.2 Å². The molecule has 1 aromatic rings. The molecule has 1 aliphatic heterocycles. The molecule has 0 aromatic heterocycles. The number of hydrogen-bond donors (Lipinski definition) is 4. The van der Waals surface area contributed by atoms with Crippen molar-refractivity contribution in [2.24, 2.45) is 0 Å². The number of ether oxygens (including phenoxy) is 1. The Morgan fingerprint density at radius 3 is 2.41 bits per heavy atom. The maximum atomic E-state index is 13.5. The third-order valence-corrected chi connectivity index (χ3v) is 8.21. The molecule has 39 heavy (non-hydrogen) atoms. The molecular weight excluding hydrogens is 561 g/mol. The Hall–Kier alpha value is -1.41. The van der Waals surface area contributed by atoms with Crippen LogP contribution in [0.2, 0.25) is 5.02 Å². The summed E-state index contributed by atoms with van der Waals surface area (Å²) >= 11 is 6.15. The van der Waals surface area contributed by atoms with Crippen molar-refractivity contribution in [1.82, 2.24) is 16.0 Å². The summed E-state index contributed by atoms with van der Waals surface area (Å²) < 4.78 is 40.5. The topological polar surface area (TPSA) is 174 Å². The molecule has 1 spiro atoms. The summed E-state index contributed by atoms with van der Waals surface area (Å²) in [7, 11) is -5.20. The van der Waals surface area contributed by atoms with E-state index < -0.39 is 51.1 Å². The van der Waals surface area contributed by atoms with E-state index in [9.17, 15) is 32.5 Å². The van der Waals surface area contributed by atoms with Gasteiger partial charge in [-0.3, -0.25) is 9.59 Å². The number of aliphatic hydroxyl groups excluding tert-OH is 1. The monoisotopic (exact) mass is 595 g/mol. The summed E-state index contributed by atoms with van der Waals surface area (Å²) in [5.41, 5.74) is -3.19. The number of nitrogens with one attached hydrogen (secondary N) is 3. The number of rotatable bonds is 3. The second-order valence-electron chi connectivity index (χ2n) is 9.92. The van der Waals surface area contributed by atoms with Gasteiger partial charge in [0.1, 0.15) is 21.8 Å². The molecule has 1 heterocycles. The van der Waals surface area contributed by atoms with E-state index in [1.165, 1.54) is 0 Å². The number of aliphatic hydroxyl groups is 1. The van der Waals surface area contributed by atoms with Crippen LogP contribution in [0, 0.1) is 0 Å². The third-order valence-electron chi connectivity index (χ3n) is 7.06. The molecule has 0 radical (unpaired) electrons. The van der Waals surface area contributed by atoms with E-state index in [1.54, 1.807) is 24.3 Å². The van der Waals surface area contributed by atoms with Crippen LogP contribution in [-0.4, -0.2) is 59.5 Å². The Labute approximate surface area is 256 Å². The molecule has 1 aromatic carbocycles. The molecule has 0 bridgehead atoms. The van der Waals surface area contributed by atoms with Gasteiger partial charge in [0.15, 0.2) is 5.44 Å². The quantitative estimate of drug-likeness (QED) is 0.270. The number of amides is 3. The molecule has 4 N–H and O–H groups in total. The normalized spacial score (nSPS) is 24.6. The maximum absolute atomic E-state index is 13.5. The van der Waals surface area contributed by atoms with Crippen LogP contribution in [0.4, 0.5) is 4.79 Å². The fourth-order valence-corrected chi connectivity index (χ4v) is 5.75. The summed E-state index contributed by atoms with van der Waals surface area (Å²) in [5.74, 6) is -1.14. The predicted octanol–water partition coefficient (Wildman–Crippen LogP) is -0.367. The molecule has 3 atom stereocenters. The zero-order chi connectivity index (χ0) is 27.8. The zero-order valence-corrected chi connectivity index (χ0v) is 25.7. The molecule has 1 saturated heterocycles. The van der Waals surface area contributed by atoms with Gasteiger partial charge in [-0.05, 0) is 56.2 Å². The van der Waals surface area contributed by atoms with Crippen LogP contribution in [-0.2, 0) is 24.4 Å². The zero-order valence-electron chi connectivity index (χ0n) is 22.1. The predicted molar refractivity (Wildman–Crippen MR) is 138 cm³/mol. The SMILES string of the molecule is O=C1CC[C@@H](C(O)S(=O)(=O)[O-])NC(=O)C2(CCCCC2)NC(=O)OC(c2cccc(Cl)c2)CCCCCN1.[Na+]. The molecule has 14 heteroatoms. The van der Waals surface area contributed by atoms with Gasteiger partial charge in [-0.2, -0.15) is 0 Å².